The Labute approximate surface area is 191 Å². The van der Waals surface area contributed by atoms with Gasteiger partial charge >= 0.3 is 0 Å². The summed E-state index contributed by atoms with van der Waals surface area (Å²) >= 11 is 0. The van der Waals surface area contributed by atoms with Crippen molar-refractivity contribution in [2.45, 2.75) is 118 Å². The maximum Gasteiger partial charge on any atom is 0.187 e. The van der Waals surface area contributed by atoms with Crippen molar-refractivity contribution in [3.63, 3.8) is 0 Å². The van der Waals surface area contributed by atoms with E-state index in [0.717, 1.165) is 0 Å². The van der Waals surface area contributed by atoms with Crippen LogP contribution in [0.25, 0.3) is 0 Å². The van der Waals surface area contributed by atoms with Gasteiger partial charge in [0.25, 0.3) is 0 Å². The summed E-state index contributed by atoms with van der Waals surface area (Å²) in [6, 6.07) is -3.41. The van der Waals surface area contributed by atoms with Gasteiger partial charge in [-0.2, -0.15) is 0 Å². The molecule has 0 spiro atoms. The summed E-state index contributed by atoms with van der Waals surface area (Å²) in [5.41, 5.74) is 24.0. The zero-order valence-corrected chi connectivity index (χ0v) is 18.6. The van der Waals surface area contributed by atoms with Gasteiger partial charge in [0, 0.05) is 18.1 Å². The Bertz CT molecular complexity index is 648. The minimum atomic E-state index is -1.48. The smallest absolute Gasteiger partial charge is 0.187 e. The lowest BCUT2D eigenvalue weighted by Gasteiger charge is -2.47. The molecule has 194 valence electrons. The van der Waals surface area contributed by atoms with Gasteiger partial charge < -0.3 is 72.5 Å². The highest BCUT2D eigenvalue weighted by Gasteiger charge is 2.52. The van der Waals surface area contributed by atoms with E-state index in [9.17, 15) is 30.6 Å². The van der Waals surface area contributed by atoms with Crippen LogP contribution in [0.5, 0.6) is 0 Å². The van der Waals surface area contributed by atoms with Crippen LogP contribution in [0.3, 0.4) is 0 Å². The molecule has 14 N–H and O–H groups in total. The molecule has 0 aromatic carbocycles. The highest BCUT2D eigenvalue weighted by atomic mass is 16.7. The minimum Gasteiger partial charge on any atom is -0.391 e. The molecule has 33 heavy (non-hydrogen) atoms. The van der Waals surface area contributed by atoms with Crippen molar-refractivity contribution in [1.82, 2.24) is 0 Å². The summed E-state index contributed by atoms with van der Waals surface area (Å²) in [7, 11) is 0. The molecule has 2 aliphatic heterocycles. The van der Waals surface area contributed by atoms with Gasteiger partial charge in [-0.05, 0) is 20.3 Å². The van der Waals surface area contributed by atoms with Gasteiger partial charge in [-0.3, -0.25) is 0 Å². The van der Waals surface area contributed by atoms with E-state index in [1.807, 2.05) is 0 Å². The average molecular weight is 483 g/mol. The predicted molar refractivity (Wildman–Crippen MR) is 111 cm³/mol. The van der Waals surface area contributed by atoms with Crippen LogP contribution in [0, 0.1) is 0 Å². The highest BCUT2D eigenvalue weighted by molar-refractivity contribution is 5.02. The van der Waals surface area contributed by atoms with Gasteiger partial charge in [-0.15, -0.1) is 0 Å². The van der Waals surface area contributed by atoms with Gasteiger partial charge in [0.1, 0.15) is 48.8 Å². The van der Waals surface area contributed by atoms with E-state index in [-0.39, 0.29) is 6.42 Å². The number of rotatable bonds is 6. The van der Waals surface area contributed by atoms with E-state index in [1.54, 1.807) is 6.92 Å². The quantitative estimate of drug-likeness (QED) is 0.169. The summed E-state index contributed by atoms with van der Waals surface area (Å²) < 4.78 is 22.9. The molecular weight excluding hydrogens is 444 g/mol. The lowest BCUT2D eigenvalue weighted by atomic mass is 9.84. The Morgan fingerprint density at radius 2 is 1.27 bits per heavy atom. The van der Waals surface area contributed by atoms with Crippen molar-refractivity contribution in [2.24, 2.45) is 22.9 Å². The third-order valence-corrected chi connectivity index (χ3v) is 6.58. The molecule has 0 amide bonds. The second-order valence-electron chi connectivity index (χ2n) is 9.33. The molecule has 14 unspecified atom stereocenters. The van der Waals surface area contributed by atoms with E-state index >= 15 is 0 Å². The fourth-order valence-electron chi connectivity index (χ4n) is 4.57. The molecule has 2 heterocycles. The molecule has 3 fully saturated rings. The van der Waals surface area contributed by atoms with Gasteiger partial charge in [-0.25, -0.2) is 0 Å². The predicted octanol–water partition coefficient (Wildman–Crippen LogP) is -5.88. The molecular formula is C19H38N4O10. The van der Waals surface area contributed by atoms with E-state index < -0.39 is 97.8 Å². The molecule has 0 aromatic heterocycles. The molecule has 1 aliphatic carbocycles. The third-order valence-electron chi connectivity index (χ3n) is 6.58. The van der Waals surface area contributed by atoms with E-state index in [1.165, 1.54) is 6.92 Å². The Kier molecular flexibility index (Phi) is 8.68. The van der Waals surface area contributed by atoms with Crippen LogP contribution in [0.1, 0.15) is 20.3 Å². The van der Waals surface area contributed by atoms with Crippen LogP contribution in [0.15, 0.2) is 0 Å². The maximum atomic E-state index is 10.7. The van der Waals surface area contributed by atoms with Crippen LogP contribution < -0.4 is 22.9 Å². The standard InChI is InChI=1S/C19H38N4O10/c1-4(20)14-12(28)13(29)19(30-14)33-17-9(25)6(21)3-7(22)16(17)32-18-8(23)10(26)11(27)15(31-18)5(2)24/h4-19,24-29H,3,20-23H2,1-2H3/t4-,5+,6?,7?,8?,9?,10?,11?,12?,13?,14?,15?,16?,17?,18?,19?/m0/s1. The van der Waals surface area contributed by atoms with Crippen LogP contribution in [-0.4, -0.2) is 128 Å². The normalized spacial score (nSPS) is 53.1. The topological polar surface area (TPSA) is 262 Å². The number of ether oxygens (including phenoxy) is 4. The Morgan fingerprint density at radius 3 is 1.82 bits per heavy atom. The second-order valence-corrected chi connectivity index (χ2v) is 9.33. The fourth-order valence-corrected chi connectivity index (χ4v) is 4.57. The molecule has 0 bridgehead atoms. The first-order valence-corrected chi connectivity index (χ1v) is 11.1. The Balaban J connectivity index is 1.80. The minimum absolute atomic E-state index is 0.137. The third kappa shape index (κ3) is 5.34. The number of hydrogen-bond donors (Lipinski definition) is 10. The van der Waals surface area contributed by atoms with Crippen LogP contribution in [0.4, 0.5) is 0 Å². The summed E-state index contributed by atoms with van der Waals surface area (Å²) in [6.45, 7) is 2.96. The monoisotopic (exact) mass is 482 g/mol. The van der Waals surface area contributed by atoms with Gasteiger partial charge in [-0.1, -0.05) is 0 Å². The van der Waals surface area contributed by atoms with Crippen molar-refractivity contribution >= 4 is 0 Å². The van der Waals surface area contributed by atoms with Crippen LogP contribution >= 0.6 is 0 Å². The first kappa shape index (κ1) is 27.0. The van der Waals surface area contributed by atoms with Crippen molar-refractivity contribution in [2.75, 3.05) is 0 Å². The summed E-state index contributed by atoms with van der Waals surface area (Å²) in [4.78, 5) is 0. The Hall–Kier alpha value is -0.560. The highest BCUT2D eigenvalue weighted by Crippen LogP contribution is 2.32. The zero-order valence-electron chi connectivity index (χ0n) is 18.6. The lowest BCUT2D eigenvalue weighted by molar-refractivity contribution is -0.315. The largest absolute Gasteiger partial charge is 0.391 e. The van der Waals surface area contributed by atoms with Crippen LogP contribution in [-0.2, 0) is 18.9 Å². The SMILES string of the molecule is C[C@H](N)C1OC(OC2C(O)C(N)CC(N)C2OC2OC([C@@H](C)O)C(O)C(O)C2N)C(O)C1O. The Morgan fingerprint density at radius 1 is 0.727 bits per heavy atom. The molecule has 0 radical (unpaired) electrons. The molecule has 16 atom stereocenters. The van der Waals surface area contributed by atoms with Crippen molar-refractivity contribution in [3.05, 3.63) is 0 Å². The average Bonchev–Trinajstić information content (AvgIpc) is 3.02. The number of hydrogen-bond acceptors (Lipinski definition) is 14. The van der Waals surface area contributed by atoms with Gasteiger partial charge in [0.15, 0.2) is 12.6 Å². The van der Waals surface area contributed by atoms with Crippen molar-refractivity contribution in [1.29, 1.82) is 0 Å². The van der Waals surface area contributed by atoms with E-state index in [4.69, 9.17) is 41.9 Å². The summed E-state index contributed by atoms with van der Waals surface area (Å²) in [6.07, 6.45) is -15.2. The number of aliphatic hydroxyl groups excluding tert-OH is 6. The maximum absolute atomic E-state index is 10.7. The van der Waals surface area contributed by atoms with E-state index in [2.05, 4.69) is 0 Å². The second kappa shape index (κ2) is 10.6. The molecule has 3 rings (SSSR count). The van der Waals surface area contributed by atoms with Crippen molar-refractivity contribution in [3.8, 4) is 0 Å². The first-order chi connectivity index (χ1) is 15.3. The molecule has 14 nitrogen and oxygen atoms in total. The molecule has 1 saturated carbocycles. The zero-order chi connectivity index (χ0) is 24.8. The lowest BCUT2D eigenvalue weighted by Crippen LogP contribution is -2.68. The molecule has 2 saturated heterocycles. The summed E-state index contributed by atoms with van der Waals surface area (Å²) in [5.74, 6) is 0. The first-order valence-electron chi connectivity index (χ1n) is 11.1. The summed E-state index contributed by atoms with van der Waals surface area (Å²) in [5, 5.41) is 61.6. The number of nitrogens with two attached hydrogens (primary N) is 4. The van der Waals surface area contributed by atoms with E-state index in [0.29, 0.717) is 0 Å². The van der Waals surface area contributed by atoms with Gasteiger partial charge in [0.2, 0.25) is 0 Å². The fraction of sp³-hybridized carbons (Fsp3) is 1.00. The molecule has 0 aromatic rings. The molecule has 3 aliphatic rings. The van der Waals surface area contributed by atoms with Crippen LogP contribution in [0.2, 0.25) is 0 Å². The van der Waals surface area contributed by atoms with Crippen molar-refractivity contribution < 1.29 is 49.6 Å². The van der Waals surface area contributed by atoms with Gasteiger partial charge in [0.05, 0.1) is 18.2 Å². The number of aliphatic hydroxyl groups is 6. The molecule has 14 heteroatoms.